The lowest BCUT2D eigenvalue weighted by Crippen LogP contribution is -2.24. The molecule has 2 heterocycles. The lowest BCUT2D eigenvalue weighted by molar-refractivity contribution is -0.192. The number of carboxylic acid groups (broad SMARTS) is 1. The van der Waals surface area contributed by atoms with E-state index in [-0.39, 0.29) is 11.5 Å². The number of aromatic nitrogens is 3. The van der Waals surface area contributed by atoms with E-state index in [0.29, 0.717) is 22.4 Å². The SMILES string of the molecule is CCN(CC)c1nc(N)nc2cc(-c3ccccc3C(F)(F)F)c3c(ccn3C)c12.O=C(O)C(F)(F)F. The van der Waals surface area contributed by atoms with Crippen LogP contribution in [0.15, 0.2) is 42.6 Å². The summed E-state index contributed by atoms with van der Waals surface area (Å²) in [5, 5.41) is 8.71. The molecule has 0 saturated heterocycles. The summed E-state index contributed by atoms with van der Waals surface area (Å²) in [4.78, 5) is 19.8. The molecule has 2 aromatic heterocycles. The zero-order chi connectivity index (χ0) is 27.7. The van der Waals surface area contributed by atoms with E-state index in [1.807, 2.05) is 37.7 Å². The molecule has 0 aliphatic rings. The van der Waals surface area contributed by atoms with Crippen LogP contribution in [0.3, 0.4) is 0 Å². The summed E-state index contributed by atoms with van der Waals surface area (Å²) in [5.41, 5.74) is 7.08. The van der Waals surface area contributed by atoms with Crippen LogP contribution in [0, 0.1) is 0 Å². The van der Waals surface area contributed by atoms with Crippen LogP contribution in [-0.2, 0) is 18.0 Å². The maximum absolute atomic E-state index is 13.7. The Morgan fingerprint density at radius 1 is 1.03 bits per heavy atom. The van der Waals surface area contributed by atoms with Crippen LogP contribution in [0.5, 0.6) is 0 Å². The summed E-state index contributed by atoms with van der Waals surface area (Å²) >= 11 is 0. The molecule has 2 aromatic carbocycles. The second-order valence-electron chi connectivity index (χ2n) is 7.93. The lowest BCUT2D eigenvalue weighted by atomic mass is 9.95. The van der Waals surface area contributed by atoms with E-state index < -0.39 is 23.9 Å². The minimum atomic E-state index is -5.08. The number of rotatable bonds is 4. The predicted octanol–water partition coefficient (Wildman–Crippen LogP) is 5.87. The lowest BCUT2D eigenvalue weighted by Gasteiger charge is -2.23. The molecule has 7 nitrogen and oxygen atoms in total. The summed E-state index contributed by atoms with van der Waals surface area (Å²) < 4.78 is 74.8. The number of nitrogens with two attached hydrogens (primary N) is 1. The highest BCUT2D eigenvalue weighted by Crippen LogP contribution is 2.43. The van der Waals surface area contributed by atoms with Crippen molar-refractivity contribution in [2.24, 2.45) is 7.05 Å². The average Bonchev–Trinajstić information content (AvgIpc) is 3.19. The van der Waals surface area contributed by atoms with E-state index in [0.717, 1.165) is 29.9 Å². The number of carboxylic acids is 1. The van der Waals surface area contributed by atoms with Gasteiger partial charge < -0.3 is 20.3 Å². The molecule has 0 aliphatic heterocycles. The van der Waals surface area contributed by atoms with Crippen molar-refractivity contribution in [1.29, 1.82) is 0 Å². The number of nitrogen functional groups attached to an aromatic ring is 1. The van der Waals surface area contributed by atoms with E-state index in [9.17, 15) is 26.3 Å². The van der Waals surface area contributed by atoms with Gasteiger partial charge in [0.05, 0.1) is 22.0 Å². The predicted molar refractivity (Wildman–Crippen MR) is 128 cm³/mol. The molecule has 0 fully saturated rings. The monoisotopic (exact) mass is 527 g/mol. The molecule has 198 valence electrons. The number of aliphatic carboxylic acids is 1. The first-order valence-corrected chi connectivity index (χ1v) is 11.0. The molecule has 0 radical (unpaired) electrons. The van der Waals surface area contributed by atoms with Crippen molar-refractivity contribution >= 4 is 39.5 Å². The number of carbonyl (C=O) groups is 1. The van der Waals surface area contributed by atoms with Gasteiger partial charge >= 0.3 is 18.3 Å². The highest BCUT2D eigenvalue weighted by atomic mass is 19.4. The van der Waals surface area contributed by atoms with Crippen molar-refractivity contribution in [3.63, 3.8) is 0 Å². The Balaban J connectivity index is 0.000000479. The largest absolute Gasteiger partial charge is 0.490 e. The Morgan fingerprint density at radius 3 is 2.16 bits per heavy atom. The first-order valence-electron chi connectivity index (χ1n) is 11.0. The summed E-state index contributed by atoms with van der Waals surface area (Å²) in [6.07, 6.45) is -7.72. The molecule has 4 rings (SSSR count). The third-order valence-corrected chi connectivity index (χ3v) is 5.64. The first-order chi connectivity index (χ1) is 17.2. The van der Waals surface area contributed by atoms with Gasteiger partial charge in [-0.15, -0.1) is 0 Å². The van der Waals surface area contributed by atoms with Crippen LogP contribution in [-0.4, -0.2) is 44.9 Å². The number of halogens is 6. The van der Waals surface area contributed by atoms with Gasteiger partial charge in [0.25, 0.3) is 0 Å². The summed E-state index contributed by atoms with van der Waals surface area (Å²) in [6.45, 7) is 5.47. The second kappa shape index (κ2) is 10.1. The fourth-order valence-electron chi connectivity index (χ4n) is 4.04. The summed E-state index contributed by atoms with van der Waals surface area (Å²) in [5.74, 6) is -1.98. The third kappa shape index (κ3) is 5.54. The summed E-state index contributed by atoms with van der Waals surface area (Å²) in [6, 6.07) is 9.18. The number of nitrogens with zero attached hydrogens (tertiary/aromatic N) is 4. The second-order valence-corrected chi connectivity index (χ2v) is 7.93. The van der Waals surface area contributed by atoms with Crippen LogP contribution in [0.2, 0.25) is 0 Å². The highest BCUT2D eigenvalue weighted by Gasteiger charge is 2.38. The van der Waals surface area contributed by atoms with E-state index in [4.69, 9.17) is 15.6 Å². The molecule has 0 atom stereocenters. The fourth-order valence-corrected chi connectivity index (χ4v) is 4.04. The molecule has 37 heavy (non-hydrogen) atoms. The average molecular weight is 527 g/mol. The standard InChI is InChI=1S/C22H22F3N5.C2HF3O2/c1-4-30(5-2)20-18-14-10-11-29(3)19(14)15(12-17(18)27-21(26)28-20)13-8-6-7-9-16(13)22(23,24)25;3-2(4,5)1(6)7/h6-12H,4-5H2,1-3H3,(H2,26,27,28);(H,6,7). The molecule has 0 bridgehead atoms. The summed E-state index contributed by atoms with van der Waals surface area (Å²) in [7, 11) is 1.82. The van der Waals surface area contributed by atoms with Crippen LogP contribution >= 0.6 is 0 Å². The molecule has 0 aliphatic carbocycles. The van der Waals surface area contributed by atoms with Gasteiger partial charge in [-0.3, -0.25) is 0 Å². The number of alkyl halides is 6. The van der Waals surface area contributed by atoms with E-state index in [1.165, 1.54) is 12.1 Å². The highest BCUT2D eigenvalue weighted by molar-refractivity contribution is 6.16. The van der Waals surface area contributed by atoms with Gasteiger partial charge in [0.15, 0.2) is 0 Å². The van der Waals surface area contributed by atoms with Gasteiger partial charge in [0.2, 0.25) is 5.95 Å². The molecule has 13 heteroatoms. The number of benzene rings is 2. The van der Waals surface area contributed by atoms with Crippen LogP contribution in [0.1, 0.15) is 19.4 Å². The number of hydrogen-bond acceptors (Lipinski definition) is 5. The van der Waals surface area contributed by atoms with E-state index >= 15 is 0 Å². The molecule has 0 unspecified atom stereocenters. The quantitative estimate of drug-likeness (QED) is 0.322. The Hall–Kier alpha value is -4.03. The molecule has 3 N–H and O–H groups in total. The van der Waals surface area contributed by atoms with Gasteiger partial charge in [-0.1, -0.05) is 18.2 Å². The van der Waals surface area contributed by atoms with Crippen molar-refractivity contribution in [2.45, 2.75) is 26.2 Å². The van der Waals surface area contributed by atoms with Gasteiger partial charge in [-0.2, -0.15) is 31.3 Å². The number of aryl methyl sites for hydroxylation is 1. The maximum Gasteiger partial charge on any atom is 0.490 e. The molecular formula is C24H23F6N5O2. The minimum absolute atomic E-state index is 0.0923. The van der Waals surface area contributed by atoms with Gasteiger partial charge in [-0.25, -0.2) is 9.78 Å². The van der Waals surface area contributed by atoms with E-state index in [2.05, 4.69) is 14.9 Å². The fraction of sp³-hybridized carbons (Fsp3) is 0.292. The molecule has 0 spiro atoms. The Morgan fingerprint density at radius 2 is 1.62 bits per heavy atom. The molecule has 0 saturated carbocycles. The van der Waals surface area contributed by atoms with Crippen molar-refractivity contribution in [2.75, 3.05) is 23.7 Å². The van der Waals surface area contributed by atoms with E-state index in [1.54, 1.807) is 12.1 Å². The number of fused-ring (bicyclic) bond motifs is 3. The maximum atomic E-state index is 13.7. The zero-order valence-corrected chi connectivity index (χ0v) is 19.9. The van der Waals surface area contributed by atoms with Crippen molar-refractivity contribution < 1.29 is 36.2 Å². The zero-order valence-electron chi connectivity index (χ0n) is 19.9. The number of hydrogen-bond donors (Lipinski definition) is 2. The van der Waals surface area contributed by atoms with Gasteiger partial charge in [0, 0.05) is 37.3 Å². The Bertz CT molecular complexity index is 1440. The third-order valence-electron chi connectivity index (χ3n) is 5.64. The van der Waals surface area contributed by atoms with Crippen LogP contribution in [0.4, 0.5) is 38.1 Å². The van der Waals surface area contributed by atoms with Crippen LogP contribution < -0.4 is 10.6 Å². The van der Waals surface area contributed by atoms with Gasteiger partial charge in [0.1, 0.15) is 5.82 Å². The Labute approximate surface area is 207 Å². The molecular weight excluding hydrogens is 504 g/mol. The molecule has 0 amide bonds. The van der Waals surface area contributed by atoms with Crippen molar-refractivity contribution in [3.8, 4) is 11.1 Å². The van der Waals surface area contributed by atoms with Gasteiger partial charge in [-0.05, 0) is 37.6 Å². The Kier molecular flexibility index (Phi) is 7.56. The number of anilines is 2. The van der Waals surface area contributed by atoms with Crippen molar-refractivity contribution in [1.82, 2.24) is 14.5 Å². The minimum Gasteiger partial charge on any atom is -0.475 e. The smallest absolute Gasteiger partial charge is 0.475 e. The topological polar surface area (TPSA) is 97.3 Å². The normalized spacial score (nSPS) is 11.9. The van der Waals surface area contributed by atoms with Crippen LogP contribution in [0.25, 0.3) is 32.9 Å². The van der Waals surface area contributed by atoms with Crippen molar-refractivity contribution in [3.05, 3.63) is 48.2 Å². The molecule has 4 aromatic rings. The first kappa shape index (κ1) is 27.6.